The maximum atomic E-state index is 12.3. The number of carbonyl (C=O) groups excluding carboxylic acids is 2. The number of Topliss-reactive ketones (excluding diaryl/α,β-unsaturated/α-hetero) is 1. The van der Waals surface area contributed by atoms with E-state index in [0.29, 0.717) is 12.5 Å². The van der Waals surface area contributed by atoms with Crippen LogP contribution in [0.2, 0.25) is 0 Å². The lowest BCUT2D eigenvalue weighted by Crippen LogP contribution is -2.35. The van der Waals surface area contributed by atoms with Gasteiger partial charge >= 0.3 is 6.03 Å². The Hall–Kier alpha value is -1.84. The van der Waals surface area contributed by atoms with Gasteiger partial charge in [0.2, 0.25) is 0 Å². The lowest BCUT2D eigenvalue weighted by Gasteiger charge is -2.26. The van der Waals surface area contributed by atoms with Gasteiger partial charge in [0.25, 0.3) is 0 Å². The molecule has 4 nitrogen and oxygen atoms in total. The monoisotopic (exact) mass is 260 g/mol. The van der Waals surface area contributed by atoms with Gasteiger partial charge in [0.05, 0.1) is 0 Å². The number of benzene rings is 1. The summed E-state index contributed by atoms with van der Waals surface area (Å²) in [5.41, 5.74) is 2.52. The molecule has 2 amide bonds. The molecule has 0 bridgehead atoms. The summed E-state index contributed by atoms with van der Waals surface area (Å²) < 4.78 is 0. The Morgan fingerprint density at radius 3 is 2.63 bits per heavy atom. The molecule has 4 heteroatoms. The van der Waals surface area contributed by atoms with E-state index in [1.807, 2.05) is 19.1 Å². The summed E-state index contributed by atoms with van der Waals surface area (Å²) >= 11 is 0. The Morgan fingerprint density at radius 1 is 1.32 bits per heavy atom. The number of nitrogens with one attached hydrogen (secondary N) is 1. The van der Waals surface area contributed by atoms with Crippen molar-refractivity contribution in [2.45, 2.75) is 27.3 Å². The molecule has 1 aromatic carbocycles. The Morgan fingerprint density at radius 2 is 2.00 bits per heavy atom. The number of urea groups is 1. The summed E-state index contributed by atoms with van der Waals surface area (Å²) in [5.74, 6) is 0.497. The van der Waals surface area contributed by atoms with Crippen LogP contribution in [0.5, 0.6) is 0 Å². The highest BCUT2D eigenvalue weighted by atomic mass is 16.2. The third-order valence-corrected chi connectivity index (χ3v) is 3.80. The predicted octanol–water partition coefficient (Wildman–Crippen LogP) is 3.14. The Labute approximate surface area is 113 Å². The number of fused-ring (bicyclic) bond motifs is 1. The second-order valence-electron chi connectivity index (χ2n) is 5.56. The van der Waals surface area contributed by atoms with Crippen LogP contribution in [0.25, 0.3) is 0 Å². The summed E-state index contributed by atoms with van der Waals surface area (Å²) in [7, 11) is 1.74. The molecule has 1 aliphatic heterocycles. The zero-order valence-corrected chi connectivity index (χ0v) is 11.9. The zero-order chi connectivity index (χ0) is 14.2. The second kappa shape index (κ2) is 5.03. The van der Waals surface area contributed by atoms with Gasteiger partial charge in [0.15, 0.2) is 5.78 Å². The van der Waals surface area contributed by atoms with E-state index in [1.165, 1.54) is 0 Å². The fourth-order valence-corrected chi connectivity index (χ4v) is 2.10. The van der Waals surface area contributed by atoms with Gasteiger partial charge in [-0.3, -0.25) is 4.79 Å². The first-order chi connectivity index (χ1) is 8.90. The smallest absolute Gasteiger partial charge is 0.321 e. The van der Waals surface area contributed by atoms with Gasteiger partial charge < -0.3 is 10.2 Å². The molecule has 19 heavy (non-hydrogen) atoms. The highest BCUT2D eigenvalue weighted by Gasteiger charge is 2.23. The molecule has 1 aliphatic rings. The Bertz CT molecular complexity index is 523. The van der Waals surface area contributed by atoms with Crippen molar-refractivity contribution >= 4 is 17.5 Å². The minimum Gasteiger partial charge on any atom is -0.323 e. The molecule has 0 saturated carbocycles. The summed E-state index contributed by atoms with van der Waals surface area (Å²) in [4.78, 5) is 25.4. The number of amides is 2. The maximum absolute atomic E-state index is 12.3. The van der Waals surface area contributed by atoms with Gasteiger partial charge in [-0.2, -0.15) is 0 Å². The van der Waals surface area contributed by atoms with E-state index in [-0.39, 0.29) is 17.7 Å². The van der Waals surface area contributed by atoms with Crippen molar-refractivity contribution in [3.63, 3.8) is 0 Å². The van der Waals surface area contributed by atoms with Crippen LogP contribution in [0.4, 0.5) is 10.5 Å². The Balaban J connectivity index is 2.29. The molecule has 0 saturated heterocycles. The standard InChI is InChI=1S/C15H20N2O2/c1-9(2)10(3)14(18)11-5-6-13-12(7-11)8-17(4)15(19)16-13/h5-7,9-10H,8H2,1-4H3,(H,16,19). The third kappa shape index (κ3) is 2.62. The summed E-state index contributed by atoms with van der Waals surface area (Å²) in [6.45, 7) is 6.60. The van der Waals surface area contributed by atoms with Crippen LogP contribution < -0.4 is 5.32 Å². The molecular formula is C15H20N2O2. The fraction of sp³-hybridized carbons (Fsp3) is 0.467. The first-order valence-corrected chi connectivity index (χ1v) is 6.59. The normalized spacial score (nSPS) is 16.1. The predicted molar refractivity (Wildman–Crippen MR) is 75.3 cm³/mol. The van der Waals surface area contributed by atoms with Crippen LogP contribution in [0.15, 0.2) is 18.2 Å². The van der Waals surface area contributed by atoms with Crippen LogP contribution in [0.3, 0.4) is 0 Å². The van der Waals surface area contributed by atoms with E-state index in [4.69, 9.17) is 0 Å². The van der Waals surface area contributed by atoms with Gasteiger partial charge in [0, 0.05) is 30.8 Å². The number of carbonyl (C=O) groups is 2. The van der Waals surface area contributed by atoms with Gasteiger partial charge in [-0.25, -0.2) is 4.79 Å². The molecule has 1 heterocycles. The maximum Gasteiger partial charge on any atom is 0.321 e. The van der Waals surface area contributed by atoms with Crippen molar-refractivity contribution in [1.82, 2.24) is 4.90 Å². The van der Waals surface area contributed by atoms with Crippen molar-refractivity contribution in [2.24, 2.45) is 11.8 Å². The van der Waals surface area contributed by atoms with Crippen LogP contribution in [0, 0.1) is 11.8 Å². The second-order valence-corrected chi connectivity index (χ2v) is 5.56. The number of hydrogen-bond acceptors (Lipinski definition) is 2. The quantitative estimate of drug-likeness (QED) is 0.849. The number of hydrogen-bond donors (Lipinski definition) is 1. The van der Waals surface area contributed by atoms with E-state index in [0.717, 1.165) is 16.8 Å². The summed E-state index contributed by atoms with van der Waals surface area (Å²) in [6.07, 6.45) is 0. The van der Waals surface area contributed by atoms with Gasteiger partial charge in [-0.15, -0.1) is 0 Å². The largest absolute Gasteiger partial charge is 0.323 e. The van der Waals surface area contributed by atoms with Crippen LogP contribution >= 0.6 is 0 Å². The molecule has 0 spiro atoms. The molecular weight excluding hydrogens is 240 g/mol. The van der Waals surface area contributed by atoms with Gasteiger partial charge in [-0.1, -0.05) is 20.8 Å². The van der Waals surface area contributed by atoms with E-state index in [1.54, 1.807) is 18.0 Å². The van der Waals surface area contributed by atoms with E-state index >= 15 is 0 Å². The van der Waals surface area contributed by atoms with Gasteiger partial charge in [0.1, 0.15) is 0 Å². The molecule has 1 N–H and O–H groups in total. The molecule has 1 unspecified atom stereocenters. The topological polar surface area (TPSA) is 49.4 Å². The Kier molecular flexibility index (Phi) is 3.60. The minimum atomic E-state index is -0.109. The van der Waals surface area contributed by atoms with Crippen LogP contribution in [-0.4, -0.2) is 23.8 Å². The van der Waals surface area contributed by atoms with Gasteiger partial charge in [-0.05, 0) is 29.7 Å². The molecule has 0 radical (unpaired) electrons. The van der Waals surface area contributed by atoms with Crippen molar-refractivity contribution in [1.29, 1.82) is 0 Å². The fourth-order valence-electron chi connectivity index (χ4n) is 2.10. The van der Waals surface area contributed by atoms with E-state index < -0.39 is 0 Å². The SMILES string of the molecule is CC(C)C(C)C(=O)c1ccc2c(c1)CN(C)C(=O)N2. The van der Waals surface area contributed by atoms with Crippen molar-refractivity contribution in [2.75, 3.05) is 12.4 Å². The van der Waals surface area contributed by atoms with Crippen molar-refractivity contribution < 1.29 is 9.59 Å². The van der Waals surface area contributed by atoms with Crippen molar-refractivity contribution in [3.8, 4) is 0 Å². The lowest BCUT2D eigenvalue weighted by molar-refractivity contribution is 0.0899. The van der Waals surface area contributed by atoms with Crippen molar-refractivity contribution in [3.05, 3.63) is 29.3 Å². The lowest BCUT2D eigenvalue weighted by atomic mass is 9.89. The van der Waals surface area contributed by atoms with Crippen LogP contribution in [0.1, 0.15) is 36.7 Å². The van der Waals surface area contributed by atoms with E-state index in [9.17, 15) is 9.59 Å². The average Bonchev–Trinajstić information content (AvgIpc) is 2.37. The average molecular weight is 260 g/mol. The van der Waals surface area contributed by atoms with Crippen LogP contribution in [-0.2, 0) is 6.54 Å². The van der Waals surface area contributed by atoms with E-state index in [2.05, 4.69) is 19.2 Å². The molecule has 2 rings (SSSR count). The number of nitrogens with zero attached hydrogens (tertiary/aromatic N) is 1. The molecule has 102 valence electrons. The number of anilines is 1. The third-order valence-electron chi connectivity index (χ3n) is 3.80. The molecule has 0 fully saturated rings. The first-order valence-electron chi connectivity index (χ1n) is 6.59. The highest BCUT2D eigenvalue weighted by Crippen LogP contribution is 2.25. The molecule has 1 atom stereocenters. The highest BCUT2D eigenvalue weighted by molar-refractivity contribution is 5.99. The zero-order valence-electron chi connectivity index (χ0n) is 11.9. The summed E-state index contributed by atoms with van der Waals surface area (Å²) in [5, 5.41) is 2.80. The minimum absolute atomic E-state index is 0.00830. The number of ketones is 1. The molecule has 0 aliphatic carbocycles. The molecule has 0 aromatic heterocycles. The first kappa shape index (κ1) is 13.6. The number of rotatable bonds is 3. The summed E-state index contributed by atoms with van der Waals surface area (Å²) in [6, 6.07) is 5.40. The molecule has 1 aromatic rings.